The summed E-state index contributed by atoms with van der Waals surface area (Å²) in [6.45, 7) is 0.788. The van der Waals surface area contributed by atoms with E-state index in [9.17, 15) is 4.79 Å². The molecule has 2 aromatic rings. The van der Waals surface area contributed by atoms with Crippen molar-refractivity contribution >= 4 is 11.6 Å². The zero-order valence-corrected chi connectivity index (χ0v) is 11.9. The average molecular weight is 278 g/mol. The van der Waals surface area contributed by atoms with Crippen LogP contribution in [0.4, 0.5) is 5.69 Å². The molecule has 0 spiro atoms. The molecule has 1 aliphatic heterocycles. The van der Waals surface area contributed by atoms with Crippen molar-refractivity contribution in [1.82, 2.24) is 4.98 Å². The molecule has 1 aliphatic carbocycles. The first-order chi connectivity index (χ1) is 10.3. The van der Waals surface area contributed by atoms with Crippen LogP contribution in [0.5, 0.6) is 0 Å². The highest BCUT2D eigenvalue weighted by Crippen LogP contribution is 2.44. The first kappa shape index (κ1) is 12.6. The van der Waals surface area contributed by atoms with Gasteiger partial charge in [0.2, 0.25) is 5.91 Å². The zero-order chi connectivity index (χ0) is 14.2. The van der Waals surface area contributed by atoms with Gasteiger partial charge in [0.25, 0.3) is 0 Å². The van der Waals surface area contributed by atoms with Gasteiger partial charge >= 0.3 is 0 Å². The van der Waals surface area contributed by atoms with E-state index in [4.69, 9.17) is 0 Å². The van der Waals surface area contributed by atoms with Crippen molar-refractivity contribution in [3.05, 3.63) is 59.9 Å². The molecule has 2 aliphatic rings. The standard InChI is InChI=1S/C18H18N2O/c21-18(20-11-9-15-12-19-10-8-16(15)20)17(14-6-7-14)13-4-2-1-3-5-13/h1-5,8,10,12,14,17H,6-7,9,11H2/t17-/m0/s1. The molecule has 0 unspecified atom stereocenters. The van der Waals surface area contributed by atoms with Crippen molar-refractivity contribution in [2.24, 2.45) is 5.92 Å². The molecular weight excluding hydrogens is 260 g/mol. The lowest BCUT2D eigenvalue weighted by Gasteiger charge is -2.24. The number of carbonyl (C=O) groups is 1. The largest absolute Gasteiger partial charge is 0.311 e. The second kappa shape index (κ2) is 4.99. The van der Waals surface area contributed by atoms with E-state index < -0.39 is 0 Å². The van der Waals surface area contributed by atoms with Crippen LogP contribution in [-0.4, -0.2) is 17.4 Å². The van der Waals surface area contributed by atoms with Gasteiger partial charge < -0.3 is 4.90 Å². The molecule has 0 saturated heterocycles. The van der Waals surface area contributed by atoms with Gasteiger partial charge in [-0.1, -0.05) is 30.3 Å². The van der Waals surface area contributed by atoms with Crippen LogP contribution < -0.4 is 4.90 Å². The number of pyridine rings is 1. The predicted molar refractivity (Wildman–Crippen MR) is 82.2 cm³/mol. The summed E-state index contributed by atoms with van der Waals surface area (Å²) in [5.41, 5.74) is 3.40. The Morgan fingerprint density at radius 3 is 2.76 bits per heavy atom. The first-order valence-corrected chi connectivity index (χ1v) is 7.64. The summed E-state index contributed by atoms with van der Waals surface area (Å²) >= 11 is 0. The molecule has 1 saturated carbocycles. The highest BCUT2D eigenvalue weighted by molar-refractivity contribution is 6.00. The number of rotatable bonds is 3. The average Bonchev–Trinajstić information content (AvgIpc) is 3.26. The first-order valence-electron chi connectivity index (χ1n) is 7.64. The Labute approximate surface area is 124 Å². The molecule has 3 heteroatoms. The van der Waals surface area contributed by atoms with E-state index in [0.717, 1.165) is 24.2 Å². The summed E-state index contributed by atoms with van der Waals surface area (Å²) in [5.74, 6) is 0.796. The normalized spacial score (nSPS) is 18.4. The molecule has 0 N–H and O–H groups in total. The SMILES string of the molecule is O=C([C@@H](c1ccccc1)C1CC1)N1CCc2cnccc21. The molecule has 0 bridgehead atoms. The summed E-state index contributed by atoms with van der Waals surface area (Å²) in [7, 11) is 0. The van der Waals surface area contributed by atoms with Gasteiger partial charge in [-0.05, 0) is 42.4 Å². The van der Waals surface area contributed by atoms with Crippen LogP contribution in [0.15, 0.2) is 48.8 Å². The highest BCUT2D eigenvalue weighted by Gasteiger charge is 2.40. The molecule has 106 valence electrons. The number of amides is 1. The van der Waals surface area contributed by atoms with E-state index in [1.165, 1.54) is 18.4 Å². The molecule has 1 aromatic heterocycles. The Hall–Kier alpha value is -2.16. The van der Waals surface area contributed by atoms with Gasteiger partial charge in [-0.2, -0.15) is 0 Å². The number of anilines is 1. The molecule has 3 nitrogen and oxygen atoms in total. The van der Waals surface area contributed by atoms with Crippen molar-refractivity contribution in [2.45, 2.75) is 25.2 Å². The maximum atomic E-state index is 13.1. The summed E-state index contributed by atoms with van der Waals surface area (Å²) in [6, 6.07) is 12.2. The van der Waals surface area contributed by atoms with Crippen LogP contribution in [0.2, 0.25) is 0 Å². The van der Waals surface area contributed by atoms with Crippen molar-refractivity contribution in [3.8, 4) is 0 Å². The van der Waals surface area contributed by atoms with Crippen LogP contribution in [0, 0.1) is 5.92 Å². The minimum absolute atomic E-state index is 0.0188. The van der Waals surface area contributed by atoms with Crippen molar-refractivity contribution in [1.29, 1.82) is 0 Å². The van der Waals surface area contributed by atoms with Crippen LogP contribution in [0.3, 0.4) is 0 Å². The van der Waals surface area contributed by atoms with E-state index >= 15 is 0 Å². The highest BCUT2D eigenvalue weighted by atomic mass is 16.2. The lowest BCUT2D eigenvalue weighted by molar-refractivity contribution is -0.120. The van der Waals surface area contributed by atoms with Gasteiger partial charge in [0, 0.05) is 24.6 Å². The second-order valence-electron chi connectivity index (χ2n) is 5.97. The van der Waals surface area contributed by atoms with Gasteiger partial charge in [0.15, 0.2) is 0 Å². The summed E-state index contributed by atoms with van der Waals surface area (Å²) in [6.07, 6.45) is 6.92. The maximum absolute atomic E-state index is 13.1. The van der Waals surface area contributed by atoms with Crippen LogP contribution in [-0.2, 0) is 11.2 Å². The Morgan fingerprint density at radius 1 is 1.19 bits per heavy atom. The summed E-state index contributed by atoms with van der Waals surface area (Å²) < 4.78 is 0. The Balaban J connectivity index is 1.67. The number of hydrogen-bond donors (Lipinski definition) is 0. The van der Waals surface area contributed by atoms with Gasteiger partial charge in [-0.15, -0.1) is 0 Å². The molecule has 1 aromatic carbocycles. The molecule has 0 radical (unpaired) electrons. The number of carbonyl (C=O) groups excluding carboxylic acids is 1. The monoisotopic (exact) mass is 278 g/mol. The smallest absolute Gasteiger partial charge is 0.234 e. The zero-order valence-electron chi connectivity index (χ0n) is 11.9. The van der Waals surface area contributed by atoms with Gasteiger partial charge in [-0.3, -0.25) is 9.78 Å². The molecular formula is C18H18N2O. The number of hydrogen-bond acceptors (Lipinski definition) is 2. The van der Waals surface area contributed by atoms with Crippen LogP contribution in [0.25, 0.3) is 0 Å². The van der Waals surface area contributed by atoms with Crippen molar-refractivity contribution in [2.75, 3.05) is 11.4 Å². The third-order valence-corrected chi connectivity index (χ3v) is 4.56. The third-order valence-electron chi connectivity index (χ3n) is 4.56. The Morgan fingerprint density at radius 2 is 2.00 bits per heavy atom. The van der Waals surface area contributed by atoms with Gasteiger partial charge in [0.1, 0.15) is 0 Å². The van der Waals surface area contributed by atoms with E-state index in [0.29, 0.717) is 5.92 Å². The molecule has 4 rings (SSSR count). The van der Waals surface area contributed by atoms with E-state index in [1.807, 2.05) is 35.4 Å². The quantitative estimate of drug-likeness (QED) is 0.864. The Bertz CT molecular complexity index is 664. The fourth-order valence-corrected chi connectivity index (χ4v) is 3.33. The topological polar surface area (TPSA) is 33.2 Å². The maximum Gasteiger partial charge on any atom is 0.234 e. The fourth-order valence-electron chi connectivity index (χ4n) is 3.33. The minimum atomic E-state index is 0.0188. The molecule has 2 heterocycles. The number of benzene rings is 1. The molecule has 1 fully saturated rings. The second-order valence-corrected chi connectivity index (χ2v) is 5.97. The molecule has 21 heavy (non-hydrogen) atoms. The van der Waals surface area contributed by atoms with Crippen molar-refractivity contribution < 1.29 is 4.79 Å². The third kappa shape index (κ3) is 2.23. The van der Waals surface area contributed by atoms with Crippen LogP contribution >= 0.6 is 0 Å². The van der Waals surface area contributed by atoms with Crippen LogP contribution in [0.1, 0.15) is 29.9 Å². The Kier molecular flexibility index (Phi) is 2.99. The van der Waals surface area contributed by atoms with E-state index in [2.05, 4.69) is 17.1 Å². The van der Waals surface area contributed by atoms with E-state index in [1.54, 1.807) is 6.20 Å². The number of fused-ring (bicyclic) bond motifs is 1. The van der Waals surface area contributed by atoms with Crippen molar-refractivity contribution in [3.63, 3.8) is 0 Å². The molecule has 1 amide bonds. The fraction of sp³-hybridized carbons (Fsp3) is 0.333. The lowest BCUT2D eigenvalue weighted by Crippen LogP contribution is -2.34. The van der Waals surface area contributed by atoms with Gasteiger partial charge in [-0.25, -0.2) is 0 Å². The molecule has 1 atom stereocenters. The summed E-state index contributed by atoms with van der Waals surface area (Å²) in [4.78, 5) is 19.2. The number of nitrogens with zero attached hydrogens (tertiary/aromatic N) is 2. The minimum Gasteiger partial charge on any atom is -0.311 e. The van der Waals surface area contributed by atoms with E-state index in [-0.39, 0.29) is 11.8 Å². The lowest BCUT2D eigenvalue weighted by atomic mass is 9.92. The predicted octanol–water partition coefficient (Wildman–Crippen LogP) is 3.16. The van der Waals surface area contributed by atoms with Gasteiger partial charge in [0.05, 0.1) is 5.92 Å². The number of aromatic nitrogens is 1. The summed E-state index contributed by atoms with van der Waals surface area (Å²) in [5, 5.41) is 0.